The van der Waals surface area contributed by atoms with Crippen LogP contribution >= 0.6 is 0 Å². The Morgan fingerprint density at radius 3 is 2.78 bits per heavy atom. The van der Waals surface area contributed by atoms with E-state index in [4.69, 9.17) is 4.42 Å². The van der Waals surface area contributed by atoms with Gasteiger partial charge in [0, 0.05) is 6.04 Å². The maximum absolute atomic E-state index is 12.0. The van der Waals surface area contributed by atoms with Crippen LogP contribution in [0.2, 0.25) is 0 Å². The van der Waals surface area contributed by atoms with Crippen LogP contribution in [-0.2, 0) is 9.53 Å². The minimum atomic E-state index is -0.295. The van der Waals surface area contributed by atoms with Gasteiger partial charge in [0.1, 0.15) is 5.76 Å². The van der Waals surface area contributed by atoms with Gasteiger partial charge in [-0.25, -0.2) is 0 Å². The van der Waals surface area contributed by atoms with E-state index in [9.17, 15) is 9.59 Å². The molecule has 98 valence electrons. The predicted molar refractivity (Wildman–Crippen MR) is 64.1 cm³/mol. The summed E-state index contributed by atoms with van der Waals surface area (Å²) < 4.78 is 9.74. The quantitative estimate of drug-likeness (QED) is 0.808. The Hall–Kier alpha value is -1.78. The van der Waals surface area contributed by atoms with Gasteiger partial charge in [0.15, 0.2) is 0 Å². The highest BCUT2D eigenvalue weighted by atomic mass is 16.5. The molecule has 0 unspecified atom stereocenters. The Bertz CT molecular complexity index is 448. The lowest BCUT2D eigenvalue weighted by atomic mass is 10.1. The molecule has 0 saturated heterocycles. The molecule has 1 heterocycles. The average Bonchev–Trinajstić information content (AvgIpc) is 3.10. The van der Waals surface area contributed by atoms with Crippen LogP contribution in [0.25, 0.3) is 0 Å². The summed E-state index contributed by atoms with van der Waals surface area (Å²) >= 11 is 0. The zero-order chi connectivity index (χ0) is 13.1. The fourth-order valence-corrected chi connectivity index (χ4v) is 1.96. The van der Waals surface area contributed by atoms with Gasteiger partial charge in [-0.05, 0) is 31.7 Å². The van der Waals surface area contributed by atoms with Gasteiger partial charge in [0.2, 0.25) is 0 Å². The van der Waals surface area contributed by atoms with Gasteiger partial charge < -0.3 is 14.5 Å². The van der Waals surface area contributed by atoms with Crippen LogP contribution in [0, 0.1) is 12.8 Å². The van der Waals surface area contributed by atoms with Crippen LogP contribution in [-0.4, -0.2) is 25.0 Å². The van der Waals surface area contributed by atoms with Gasteiger partial charge in [-0.2, -0.15) is 0 Å². The number of furan rings is 1. The van der Waals surface area contributed by atoms with Gasteiger partial charge in [-0.3, -0.25) is 9.59 Å². The summed E-state index contributed by atoms with van der Waals surface area (Å²) in [4.78, 5) is 23.3. The molecule has 5 nitrogen and oxygen atoms in total. The van der Waals surface area contributed by atoms with E-state index in [0.29, 0.717) is 17.2 Å². The first-order valence-electron chi connectivity index (χ1n) is 6.03. The molecule has 0 aliphatic heterocycles. The first kappa shape index (κ1) is 12.7. The Labute approximate surface area is 105 Å². The first-order chi connectivity index (χ1) is 8.61. The van der Waals surface area contributed by atoms with Crippen molar-refractivity contribution in [3.8, 4) is 0 Å². The van der Waals surface area contributed by atoms with Crippen molar-refractivity contribution in [2.75, 3.05) is 7.11 Å². The lowest BCUT2D eigenvalue weighted by Crippen LogP contribution is -2.38. The molecule has 0 spiro atoms. The van der Waals surface area contributed by atoms with Crippen LogP contribution in [0.5, 0.6) is 0 Å². The lowest BCUT2D eigenvalue weighted by molar-refractivity contribution is -0.141. The molecule has 1 atom stereocenters. The molecule has 0 bridgehead atoms. The number of rotatable bonds is 5. The van der Waals surface area contributed by atoms with E-state index in [1.54, 1.807) is 13.0 Å². The number of hydrogen-bond donors (Lipinski definition) is 1. The highest BCUT2D eigenvalue weighted by Gasteiger charge is 2.34. The van der Waals surface area contributed by atoms with Crippen molar-refractivity contribution in [2.45, 2.75) is 32.2 Å². The number of amides is 1. The minimum absolute atomic E-state index is 0.140. The molecule has 1 aliphatic carbocycles. The standard InChI is InChI=1S/C13H17NO4/c1-8-10(5-6-18-8)13(16)14-11(9-3-4-9)7-12(15)17-2/h5-6,9,11H,3-4,7H2,1-2H3,(H,14,16)/t11-/m0/s1. The van der Waals surface area contributed by atoms with Crippen LogP contribution in [0.4, 0.5) is 0 Å². The smallest absolute Gasteiger partial charge is 0.307 e. The topological polar surface area (TPSA) is 68.5 Å². The number of ether oxygens (including phenoxy) is 1. The van der Waals surface area contributed by atoms with E-state index in [0.717, 1.165) is 12.8 Å². The molecule has 1 saturated carbocycles. The van der Waals surface area contributed by atoms with E-state index in [1.807, 2.05) is 0 Å². The molecule has 1 amide bonds. The van der Waals surface area contributed by atoms with E-state index in [-0.39, 0.29) is 24.3 Å². The molecular weight excluding hydrogens is 234 g/mol. The Morgan fingerprint density at radius 2 is 2.28 bits per heavy atom. The van der Waals surface area contributed by atoms with Crippen molar-refractivity contribution in [3.63, 3.8) is 0 Å². The number of carbonyl (C=O) groups is 2. The van der Waals surface area contributed by atoms with Crippen molar-refractivity contribution < 1.29 is 18.7 Å². The molecule has 0 aromatic carbocycles. The SMILES string of the molecule is COC(=O)C[C@H](NC(=O)c1ccoc1C)C1CC1. The third kappa shape index (κ3) is 2.91. The van der Waals surface area contributed by atoms with Crippen molar-refractivity contribution in [3.05, 3.63) is 23.7 Å². The lowest BCUT2D eigenvalue weighted by Gasteiger charge is -2.16. The number of hydrogen-bond acceptors (Lipinski definition) is 4. The van der Waals surface area contributed by atoms with Gasteiger partial charge >= 0.3 is 5.97 Å². The predicted octanol–water partition coefficient (Wildman–Crippen LogP) is 1.66. The highest BCUT2D eigenvalue weighted by Crippen LogP contribution is 2.34. The van der Waals surface area contributed by atoms with Crippen LogP contribution in [0.3, 0.4) is 0 Å². The fraction of sp³-hybridized carbons (Fsp3) is 0.538. The summed E-state index contributed by atoms with van der Waals surface area (Å²) in [5, 5.41) is 2.89. The molecular formula is C13H17NO4. The number of methoxy groups -OCH3 is 1. The molecule has 2 rings (SSSR count). The molecule has 1 fully saturated rings. The van der Waals surface area contributed by atoms with Gasteiger partial charge in [0.25, 0.3) is 5.91 Å². The molecule has 1 N–H and O–H groups in total. The Kier molecular flexibility index (Phi) is 3.69. The monoisotopic (exact) mass is 251 g/mol. The summed E-state index contributed by atoms with van der Waals surface area (Å²) in [7, 11) is 1.36. The highest BCUT2D eigenvalue weighted by molar-refractivity contribution is 5.95. The summed E-state index contributed by atoms with van der Waals surface area (Å²) in [6, 6.07) is 1.49. The fourth-order valence-electron chi connectivity index (χ4n) is 1.96. The zero-order valence-electron chi connectivity index (χ0n) is 10.6. The van der Waals surface area contributed by atoms with Crippen molar-refractivity contribution in [2.24, 2.45) is 5.92 Å². The maximum Gasteiger partial charge on any atom is 0.307 e. The molecule has 18 heavy (non-hydrogen) atoms. The normalized spacial score (nSPS) is 16.1. The number of nitrogens with one attached hydrogen (secondary N) is 1. The van der Waals surface area contributed by atoms with Crippen molar-refractivity contribution >= 4 is 11.9 Å². The second-order valence-corrected chi connectivity index (χ2v) is 4.59. The Balaban J connectivity index is 1.98. The van der Waals surface area contributed by atoms with E-state index >= 15 is 0 Å². The second-order valence-electron chi connectivity index (χ2n) is 4.59. The van der Waals surface area contributed by atoms with Gasteiger partial charge in [0.05, 0.1) is 25.4 Å². The third-order valence-electron chi connectivity index (χ3n) is 3.23. The zero-order valence-corrected chi connectivity index (χ0v) is 10.6. The largest absolute Gasteiger partial charge is 0.469 e. The summed E-state index contributed by atoms with van der Waals surface area (Å²) in [6.07, 6.45) is 3.80. The number of aryl methyl sites for hydroxylation is 1. The second kappa shape index (κ2) is 5.25. The third-order valence-corrected chi connectivity index (χ3v) is 3.23. The van der Waals surface area contributed by atoms with E-state index in [2.05, 4.69) is 10.1 Å². The summed E-state index contributed by atoms with van der Waals surface area (Å²) in [5.41, 5.74) is 0.519. The molecule has 5 heteroatoms. The Morgan fingerprint density at radius 1 is 1.56 bits per heavy atom. The molecule has 1 aliphatic rings. The van der Waals surface area contributed by atoms with Crippen molar-refractivity contribution in [1.82, 2.24) is 5.32 Å². The minimum Gasteiger partial charge on any atom is -0.469 e. The van der Waals surface area contributed by atoms with Gasteiger partial charge in [-0.15, -0.1) is 0 Å². The number of esters is 1. The molecule has 0 radical (unpaired) electrons. The molecule has 1 aromatic rings. The number of carbonyl (C=O) groups excluding carboxylic acids is 2. The summed E-state index contributed by atoms with van der Waals surface area (Å²) in [6.45, 7) is 1.74. The maximum atomic E-state index is 12.0. The van der Waals surface area contributed by atoms with Crippen LogP contribution < -0.4 is 5.32 Å². The van der Waals surface area contributed by atoms with E-state index in [1.165, 1.54) is 13.4 Å². The molecule has 1 aromatic heterocycles. The van der Waals surface area contributed by atoms with Crippen molar-refractivity contribution in [1.29, 1.82) is 0 Å². The van der Waals surface area contributed by atoms with E-state index < -0.39 is 0 Å². The van der Waals surface area contributed by atoms with Crippen LogP contribution in [0.15, 0.2) is 16.7 Å². The van der Waals surface area contributed by atoms with Crippen LogP contribution in [0.1, 0.15) is 35.4 Å². The first-order valence-corrected chi connectivity index (χ1v) is 6.03. The summed E-state index contributed by atoms with van der Waals surface area (Å²) in [5.74, 6) is 0.485. The average molecular weight is 251 g/mol. The van der Waals surface area contributed by atoms with Gasteiger partial charge in [-0.1, -0.05) is 0 Å².